The van der Waals surface area contributed by atoms with Crippen LogP contribution < -0.4 is 17.8 Å². The molecule has 0 amide bonds. The second-order valence-corrected chi connectivity index (χ2v) is 2.12. The van der Waals surface area contributed by atoms with Crippen LogP contribution in [0, 0.1) is 0 Å². The number of hydrogen-bond donors (Lipinski definition) is 3. The van der Waals surface area contributed by atoms with Crippen molar-refractivity contribution in [2.75, 3.05) is 6.54 Å². The number of benzene rings is 1. The van der Waals surface area contributed by atoms with E-state index in [4.69, 9.17) is 0 Å². The minimum absolute atomic E-state index is 0. The Balaban J connectivity index is 0. The molecule has 0 bridgehead atoms. The Morgan fingerprint density at radius 1 is 1.08 bits per heavy atom. The van der Waals surface area contributed by atoms with Gasteiger partial charge in [0.1, 0.15) is 0 Å². The number of rotatable bonds is 3. The van der Waals surface area contributed by atoms with E-state index in [9.17, 15) is 4.48 Å². The monoisotopic (exact) mass is 173 g/mol. The van der Waals surface area contributed by atoms with Crippen LogP contribution in [0.1, 0.15) is 5.56 Å². The van der Waals surface area contributed by atoms with Crippen LogP contribution >= 0.6 is 0 Å². The molecule has 12 heavy (non-hydrogen) atoms. The minimum atomic E-state index is 0. The van der Waals surface area contributed by atoms with Crippen molar-refractivity contribution in [2.24, 2.45) is 0 Å². The van der Waals surface area contributed by atoms with Gasteiger partial charge >= 0.3 is 0 Å². The maximum atomic E-state index is 11.4. The molecule has 0 aliphatic carbocycles. The lowest BCUT2D eigenvalue weighted by molar-refractivity contribution is 0.337. The van der Waals surface area contributed by atoms with Gasteiger partial charge < -0.3 is 12.3 Å². The molecule has 0 aromatic heterocycles. The van der Waals surface area contributed by atoms with Crippen LogP contribution in [0.2, 0.25) is 0 Å². The van der Waals surface area contributed by atoms with E-state index in [0.717, 1.165) is 12.0 Å². The molecule has 0 radical (unpaired) electrons. The summed E-state index contributed by atoms with van der Waals surface area (Å²) in [6.07, 6.45) is 0.747. The Labute approximate surface area is 72.1 Å². The molecule has 0 aliphatic heterocycles. The highest BCUT2D eigenvalue weighted by Gasteiger charge is 1.88. The molecule has 0 saturated heterocycles. The molecule has 4 heteroatoms. The van der Waals surface area contributed by atoms with Crippen molar-refractivity contribution in [3.63, 3.8) is 0 Å². The van der Waals surface area contributed by atoms with E-state index in [-0.39, 0.29) is 12.3 Å². The smallest absolute Gasteiger partial charge is 0.0300 e. The lowest BCUT2D eigenvalue weighted by Gasteiger charge is -1.95. The van der Waals surface area contributed by atoms with Crippen molar-refractivity contribution in [3.05, 3.63) is 35.9 Å². The van der Waals surface area contributed by atoms with E-state index in [1.54, 1.807) is 5.54 Å². The molecule has 0 saturated carbocycles. The van der Waals surface area contributed by atoms with E-state index in [0.29, 0.717) is 6.54 Å². The number of nitrogens with one attached hydrogen (secondary N) is 1. The van der Waals surface area contributed by atoms with Gasteiger partial charge in [-0.15, -0.1) is 4.48 Å². The summed E-state index contributed by atoms with van der Waals surface area (Å²) < 4.78 is 11.4. The number of halogens is 1. The average molecular weight is 173 g/mol. The van der Waals surface area contributed by atoms with E-state index in [1.165, 1.54) is 0 Å². The summed E-state index contributed by atoms with van der Waals surface area (Å²) in [6, 6.07) is 9.82. The zero-order valence-electron chi connectivity index (χ0n) is 7.09. The third-order valence-electron chi connectivity index (χ3n) is 1.35. The molecule has 1 aromatic carbocycles. The van der Waals surface area contributed by atoms with Crippen LogP contribution in [0.4, 0.5) is 4.48 Å². The first kappa shape index (κ1) is 13.6. The highest BCUT2D eigenvalue weighted by Crippen LogP contribution is 1.97. The molecule has 0 spiro atoms. The minimum Gasteiger partial charge on any atom is -0.344 e. The lowest BCUT2D eigenvalue weighted by Crippen LogP contribution is -2.05. The third kappa shape index (κ3) is 4.79. The molecule has 3 nitrogen and oxygen atoms in total. The summed E-state index contributed by atoms with van der Waals surface area (Å²) in [5, 5.41) is 0. The molecule has 1 aromatic rings. The van der Waals surface area contributed by atoms with Crippen molar-refractivity contribution < 1.29 is 4.48 Å². The Bertz CT molecular complexity index is 179. The van der Waals surface area contributed by atoms with Gasteiger partial charge in [-0.05, 0) is 12.0 Å². The molecule has 0 aliphatic rings. The van der Waals surface area contributed by atoms with E-state index in [2.05, 4.69) is 0 Å². The van der Waals surface area contributed by atoms with Crippen LogP contribution in [0.5, 0.6) is 0 Å². The molecule has 0 atom stereocenters. The summed E-state index contributed by atoms with van der Waals surface area (Å²) >= 11 is 0. The van der Waals surface area contributed by atoms with Gasteiger partial charge in [0.2, 0.25) is 0 Å². The van der Waals surface area contributed by atoms with Crippen LogP contribution in [0.3, 0.4) is 0 Å². The molecule has 70 valence electrons. The highest BCUT2D eigenvalue weighted by atomic mass is 19.2. The van der Waals surface area contributed by atoms with Gasteiger partial charge in [0.25, 0.3) is 0 Å². The topological polar surface area (TPSA) is 82.0 Å². The molecule has 0 heterocycles. The SMILES string of the molecule is FNCCc1ccccc1.N.N. The van der Waals surface area contributed by atoms with Gasteiger partial charge in [-0.1, -0.05) is 30.3 Å². The van der Waals surface area contributed by atoms with Gasteiger partial charge in [0, 0.05) is 6.54 Å². The van der Waals surface area contributed by atoms with Crippen molar-refractivity contribution in [2.45, 2.75) is 6.42 Å². The van der Waals surface area contributed by atoms with Gasteiger partial charge in [-0.2, -0.15) is 5.54 Å². The Morgan fingerprint density at radius 2 is 1.67 bits per heavy atom. The third-order valence-corrected chi connectivity index (χ3v) is 1.35. The largest absolute Gasteiger partial charge is 0.344 e. The van der Waals surface area contributed by atoms with E-state index in [1.807, 2.05) is 30.3 Å². The summed E-state index contributed by atoms with van der Waals surface area (Å²) in [5.74, 6) is 0. The van der Waals surface area contributed by atoms with Crippen LogP contribution in [0.25, 0.3) is 0 Å². The fourth-order valence-electron chi connectivity index (χ4n) is 0.836. The molecule has 0 fully saturated rings. The Hall–Kier alpha value is -0.970. The summed E-state index contributed by atoms with van der Waals surface area (Å²) in [6.45, 7) is 0.393. The average Bonchev–Trinajstić information content (AvgIpc) is 2.03. The van der Waals surface area contributed by atoms with Crippen LogP contribution in [0.15, 0.2) is 30.3 Å². The van der Waals surface area contributed by atoms with E-state index < -0.39 is 0 Å². The zero-order chi connectivity index (χ0) is 7.23. The molecule has 7 N–H and O–H groups in total. The van der Waals surface area contributed by atoms with Crippen molar-refractivity contribution in [3.8, 4) is 0 Å². The van der Waals surface area contributed by atoms with Gasteiger partial charge in [0.05, 0.1) is 0 Å². The standard InChI is InChI=1S/C8H10FN.2H3N/c9-10-7-6-8-4-2-1-3-5-8;;/h1-5,10H,6-7H2;2*1H3. The highest BCUT2D eigenvalue weighted by molar-refractivity contribution is 5.14. The molecule has 1 rings (SSSR count). The molecule has 0 unspecified atom stereocenters. The summed E-state index contributed by atoms with van der Waals surface area (Å²) in [4.78, 5) is 0. The van der Waals surface area contributed by atoms with Crippen LogP contribution in [-0.2, 0) is 6.42 Å². The van der Waals surface area contributed by atoms with Gasteiger partial charge in [-0.25, -0.2) is 0 Å². The Morgan fingerprint density at radius 3 is 2.17 bits per heavy atom. The van der Waals surface area contributed by atoms with Crippen LogP contribution in [-0.4, -0.2) is 6.54 Å². The van der Waals surface area contributed by atoms with Gasteiger partial charge in [0.15, 0.2) is 0 Å². The lowest BCUT2D eigenvalue weighted by atomic mass is 10.2. The second kappa shape index (κ2) is 8.13. The summed E-state index contributed by atoms with van der Waals surface area (Å²) in [7, 11) is 0. The first-order chi connectivity index (χ1) is 4.93. The maximum Gasteiger partial charge on any atom is 0.0300 e. The Kier molecular flexibility index (Phi) is 9.22. The van der Waals surface area contributed by atoms with Crippen molar-refractivity contribution >= 4 is 0 Å². The van der Waals surface area contributed by atoms with Gasteiger partial charge in [-0.3, -0.25) is 0 Å². The van der Waals surface area contributed by atoms with Crippen molar-refractivity contribution in [1.29, 1.82) is 0 Å². The first-order valence-electron chi connectivity index (χ1n) is 3.31. The predicted octanol–water partition coefficient (Wildman–Crippen LogP) is 2.03. The molecular formula is C8H16FN3. The maximum absolute atomic E-state index is 11.4. The first-order valence-corrected chi connectivity index (χ1v) is 3.31. The predicted molar refractivity (Wildman–Crippen MR) is 49.3 cm³/mol. The second-order valence-electron chi connectivity index (χ2n) is 2.12. The summed E-state index contributed by atoms with van der Waals surface area (Å²) in [5.41, 5.74) is 2.78. The quantitative estimate of drug-likeness (QED) is 0.611. The fourth-order valence-corrected chi connectivity index (χ4v) is 0.836. The fraction of sp³-hybridized carbons (Fsp3) is 0.250. The normalized spacial score (nSPS) is 8.08. The van der Waals surface area contributed by atoms with Crippen molar-refractivity contribution in [1.82, 2.24) is 17.8 Å². The molecular weight excluding hydrogens is 157 g/mol. The zero-order valence-corrected chi connectivity index (χ0v) is 7.09. The van der Waals surface area contributed by atoms with E-state index >= 15 is 0 Å². The number of hydrogen-bond acceptors (Lipinski definition) is 3.